The molecule has 3 N–H and O–H groups in total. The minimum absolute atomic E-state index is 0.470. The van der Waals surface area contributed by atoms with Crippen LogP contribution < -0.4 is 5.32 Å². The summed E-state index contributed by atoms with van der Waals surface area (Å²) in [5.74, 6) is -1.28. The topological polar surface area (TPSA) is 95.9 Å². The monoisotopic (exact) mass is 217 g/mol. The standard InChI is InChI=1S/C9H15NO5/c1-9(3-2-4-9)15-8(14)10-6(5-11)7(12)13/h6,11H,2-5H2,1H3,(H,10,14)(H,12,13). The fourth-order valence-corrected chi connectivity index (χ4v) is 1.36. The zero-order chi connectivity index (χ0) is 11.5. The van der Waals surface area contributed by atoms with Crippen molar-refractivity contribution in [3.05, 3.63) is 0 Å². The molecule has 15 heavy (non-hydrogen) atoms. The maximum Gasteiger partial charge on any atom is 0.408 e. The molecular weight excluding hydrogens is 202 g/mol. The molecule has 0 spiro atoms. The molecule has 0 heterocycles. The van der Waals surface area contributed by atoms with Crippen molar-refractivity contribution < 1.29 is 24.5 Å². The SMILES string of the molecule is CC1(OC(=O)NC(CO)C(=O)O)CCC1. The van der Waals surface area contributed by atoms with E-state index >= 15 is 0 Å². The highest BCUT2D eigenvalue weighted by atomic mass is 16.6. The molecule has 1 unspecified atom stereocenters. The van der Waals surface area contributed by atoms with Gasteiger partial charge in [0.15, 0.2) is 6.04 Å². The Morgan fingerprint density at radius 1 is 1.53 bits per heavy atom. The average Bonchev–Trinajstić information content (AvgIpc) is 2.11. The summed E-state index contributed by atoms with van der Waals surface area (Å²) in [5, 5.41) is 19.3. The molecule has 1 aliphatic rings. The average molecular weight is 217 g/mol. The smallest absolute Gasteiger partial charge is 0.408 e. The van der Waals surface area contributed by atoms with Crippen LogP contribution >= 0.6 is 0 Å². The molecule has 0 aromatic rings. The highest BCUT2D eigenvalue weighted by Gasteiger charge is 2.36. The lowest BCUT2D eigenvalue weighted by molar-refractivity contribution is -0.140. The predicted molar refractivity (Wildman–Crippen MR) is 50.4 cm³/mol. The van der Waals surface area contributed by atoms with E-state index in [1.807, 2.05) is 0 Å². The zero-order valence-corrected chi connectivity index (χ0v) is 8.52. The summed E-state index contributed by atoms with van der Waals surface area (Å²) in [6, 6.07) is -1.30. The summed E-state index contributed by atoms with van der Waals surface area (Å²) < 4.78 is 5.03. The number of carboxylic acids is 1. The third kappa shape index (κ3) is 3.09. The van der Waals surface area contributed by atoms with E-state index < -0.39 is 30.3 Å². The van der Waals surface area contributed by atoms with Gasteiger partial charge in [0.05, 0.1) is 6.61 Å². The third-order valence-electron chi connectivity index (χ3n) is 2.52. The lowest BCUT2D eigenvalue weighted by Crippen LogP contribution is -2.48. The molecule has 1 atom stereocenters. The first-order valence-electron chi connectivity index (χ1n) is 4.80. The van der Waals surface area contributed by atoms with E-state index in [2.05, 4.69) is 5.32 Å². The Balaban J connectivity index is 2.37. The molecule has 86 valence electrons. The number of hydrogen-bond donors (Lipinski definition) is 3. The van der Waals surface area contributed by atoms with Gasteiger partial charge in [-0.2, -0.15) is 0 Å². The molecule has 0 aromatic heterocycles. The highest BCUT2D eigenvalue weighted by molar-refractivity contribution is 5.80. The van der Waals surface area contributed by atoms with Gasteiger partial charge in [0.25, 0.3) is 0 Å². The number of alkyl carbamates (subject to hydrolysis) is 1. The second-order valence-electron chi connectivity index (χ2n) is 3.91. The normalized spacial score (nSPS) is 19.9. The molecule has 1 aliphatic carbocycles. The van der Waals surface area contributed by atoms with Crippen LogP contribution in [0.2, 0.25) is 0 Å². The first-order valence-corrected chi connectivity index (χ1v) is 4.80. The largest absolute Gasteiger partial charge is 0.480 e. The summed E-state index contributed by atoms with van der Waals surface area (Å²) >= 11 is 0. The maximum absolute atomic E-state index is 11.2. The Kier molecular flexibility index (Phi) is 3.52. The number of carboxylic acid groups (broad SMARTS) is 1. The Morgan fingerprint density at radius 2 is 2.13 bits per heavy atom. The van der Waals surface area contributed by atoms with Crippen molar-refractivity contribution in [2.75, 3.05) is 6.61 Å². The van der Waals surface area contributed by atoms with Crippen LogP contribution in [0.25, 0.3) is 0 Å². The number of carbonyl (C=O) groups excluding carboxylic acids is 1. The van der Waals surface area contributed by atoms with E-state index in [1.54, 1.807) is 6.92 Å². The number of hydrogen-bond acceptors (Lipinski definition) is 4. The van der Waals surface area contributed by atoms with Crippen molar-refractivity contribution in [3.8, 4) is 0 Å². The van der Waals surface area contributed by atoms with Gasteiger partial charge in [-0.1, -0.05) is 0 Å². The molecule has 0 bridgehead atoms. The van der Waals surface area contributed by atoms with Gasteiger partial charge in [0, 0.05) is 0 Å². The second kappa shape index (κ2) is 4.48. The lowest BCUT2D eigenvalue weighted by Gasteiger charge is -2.37. The number of aliphatic hydroxyl groups excluding tert-OH is 1. The van der Waals surface area contributed by atoms with E-state index in [-0.39, 0.29) is 0 Å². The van der Waals surface area contributed by atoms with Crippen molar-refractivity contribution in [1.82, 2.24) is 5.32 Å². The third-order valence-corrected chi connectivity index (χ3v) is 2.52. The van der Waals surface area contributed by atoms with Crippen LogP contribution in [0.5, 0.6) is 0 Å². The first-order chi connectivity index (χ1) is 6.97. The number of nitrogens with one attached hydrogen (secondary N) is 1. The molecular formula is C9H15NO5. The molecule has 6 heteroatoms. The fraction of sp³-hybridized carbons (Fsp3) is 0.778. The van der Waals surface area contributed by atoms with Crippen LogP contribution in [0.3, 0.4) is 0 Å². The molecule has 0 radical (unpaired) electrons. The van der Waals surface area contributed by atoms with E-state index in [0.29, 0.717) is 0 Å². The second-order valence-corrected chi connectivity index (χ2v) is 3.91. The van der Waals surface area contributed by atoms with Crippen LogP contribution in [0.15, 0.2) is 0 Å². The van der Waals surface area contributed by atoms with Crippen molar-refractivity contribution in [2.24, 2.45) is 0 Å². The quantitative estimate of drug-likeness (QED) is 0.620. The Morgan fingerprint density at radius 3 is 2.47 bits per heavy atom. The molecule has 1 amide bonds. The molecule has 6 nitrogen and oxygen atoms in total. The number of ether oxygens (including phenoxy) is 1. The van der Waals surface area contributed by atoms with Gasteiger partial charge < -0.3 is 20.3 Å². The van der Waals surface area contributed by atoms with Crippen LogP contribution in [0.1, 0.15) is 26.2 Å². The Hall–Kier alpha value is -1.30. The lowest BCUT2D eigenvalue weighted by atomic mass is 9.82. The summed E-state index contributed by atoms with van der Waals surface area (Å²) in [7, 11) is 0. The molecule has 0 saturated heterocycles. The van der Waals surface area contributed by atoms with Crippen LogP contribution in [0.4, 0.5) is 4.79 Å². The summed E-state index contributed by atoms with van der Waals surface area (Å²) in [6.07, 6.45) is 1.79. The van der Waals surface area contributed by atoms with Gasteiger partial charge in [-0.3, -0.25) is 0 Å². The number of aliphatic carboxylic acids is 1. The minimum Gasteiger partial charge on any atom is -0.480 e. The maximum atomic E-state index is 11.2. The molecule has 1 saturated carbocycles. The molecule has 0 aromatic carbocycles. The van der Waals surface area contributed by atoms with Crippen molar-refractivity contribution in [2.45, 2.75) is 37.8 Å². The van der Waals surface area contributed by atoms with Crippen LogP contribution in [0, 0.1) is 0 Å². The summed E-state index contributed by atoms with van der Waals surface area (Å²) in [4.78, 5) is 21.7. The zero-order valence-electron chi connectivity index (χ0n) is 8.52. The molecule has 0 aliphatic heterocycles. The number of rotatable bonds is 4. The van der Waals surface area contributed by atoms with Gasteiger partial charge in [-0.15, -0.1) is 0 Å². The van der Waals surface area contributed by atoms with Gasteiger partial charge in [0.1, 0.15) is 5.60 Å². The van der Waals surface area contributed by atoms with Crippen molar-refractivity contribution in [3.63, 3.8) is 0 Å². The number of carbonyl (C=O) groups is 2. The summed E-state index contributed by atoms with van der Waals surface area (Å²) in [5.41, 5.74) is -0.470. The van der Waals surface area contributed by atoms with Crippen LogP contribution in [-0.4, -0.2) is 40.5 Å². The fourth-order valence-electron chi connectivity index (χ4n) is 1.36. The van der Waals surface area contributed by atoms with E-state index in [9.17, 15) is 9.59 Å². The van der Waals surface area contributed by atoms with Gasteiger partial charge in [0.2, 0.25) is 0 Å². The molecule has 1 fully saturated rings. The van der Waals surface area contributed by atoms with E-state index in [1.165, 1.54) is 0 Å². The summed E-state index contributed by atoms with van der Waals surface area (Å²) in [6.45, 7) is 1.14. The number of aliphatic hydroxyl groups is 1. The van der Waals surface area contributed by atoms with E-state index in [4.69, 9.17) is 14.9 Å². The number of amides is 1. The van der Waals surface area contributed by atoms with Crippen molar-refractivity contribution >= 4 is 12.1 Å². The van der Waals surface area contributed by atoms with Crippen LogP contribution in [-0.2, 0) is 9.53 Å². The van der Waals surface area contributed by atoms with E-state index in [0.717, 1.165) is 19.3 Å². The Bertz CT molecular complexity index is 261. The Labute approximate surface area is 87.2 Å². The first kappa shape index (κ1) is 11.8. The molecule has 1 rings (SSSR count). The predicted octanol–water partition coefficient (Wildman–Crippen LogP) is 0.101. The minimum atomic E-state index is -1.30. The highest BCUT2D eigenvalue weighted by Crippen LogP contribution is 2.34. The van der Waals surface area contributed by atoms with Gasteiger partial charge in [-0.25, -0.2) is 9.59 Å². The van der Waals surface area contributed by atoms with Gasteiger partial charge >= 0.3 is 12.1 Å². The van der Waals surface area contributed by atoms with Crippen molar-refractivity contribution in [1.29, 1.82) is 0 Å². The van der Waals surface area contributed by atoms with Gasteiger partial charge in [-0.05, 0) is 26.2 Å².